The van der Waals surface area contributed by atoms with Crippen molar-refractivity contribution in [2.75, 3.05) is 13.2 Å². The van der Waals surface area contributed by atoms with Gasteiger partial charge < -0.3 is 14.5 Å². The van der Waals surface area contributed by atoms with Gasteiger partial charge in [0.1, 0.15) is 11.3 Å². The van der Waals surface area contributed by atoms with Crippen molar-refractivity contribution in [1.29, 1.82) is 0 Å². The van der Waals surface area contributed by atoms with Gasteiger partial charge in [-0.3, -0.25) is 10.1 Å². The molecular weight excluding hydrogens is 288 g/mol. The number of imide groups is 1. The molecule has 0 spiro atoms. The molecule has 0 aliphatic rings. The van der Waals surface area contributed by atoms with Crippen molar-refractivity contribution in [2.24, 2.45) is 0 Å². The Morgan fingerprint density at radius 1 is 1.27 bits per heavy atom. The Morgan fingerprint density at radius 3 is 2.82 bits per heavy atom. The number of benzene rings is 1. The maximum absolute atomic E-state index is 11.5. The van der Waals surface area contributed by atoms with E-state index in [4.69, 9.17) is 9.15 Å². The highest BCUT2D eigenvalue weighted by molar-refractivity contribution is 5.95. The van der Waals surface area contributed by atoms with Crippen LogP contribution in [0.2, 0.25) is 0 Å². The predicted octanol–water partition coefficient (Wildman–Crippen LogP) is 1.18. The van der Waals surface area contributed by atoms with Crippen LogP contribution in [0.1, 0.15) is 0 Å². The SMILES string of the molecule is C=CCNC(=O)NC(=O)COc1ccc2ccc(=O)oc2c1. The van der Waals surface area contributed by atoms with Crippen LogP contribution < -0.4 is 21.0 Å². The molecule has 0 radical (unpaired) electrons. The maximum Gasteiger partial charge on any atom is 0.336 e. The van der Waals surface area contributed by atoms with Crippen molar-refractivity contribution in [1.82, 2.24) is 10.6 Å². The van der Waals surface area contributed by atoms with Crippen LogP contribution in [0.3, 0.4) is 0 Å². The first-order valence-corrected chi connectivity index (χ1v) is 6.44. The average molecular weight is 302 g/mol. The van der Waals surface area contributed by atoms with E-state index >= 15 is 0 Å². The van der Waals surface area contributed by atoms with Crippen LogP contribution in [-0.4, -0.2) is 25.1 Å². The summed E-state index contributed by atoms with van der Waals surface area (Å²) in [5.74, 6) is -0.250. The van der Waals surface area contributed by atoms with Gasteiger partial charge in [0.05, 0.1) is 0 Å². The summed E-state index contributed by atoms with van der Waals surface area (Å²) in [6.07, 6.45) is 1.49. The number of hydrogen-bond acceptors (Lipinski definition) is 5. The second-order valence-electron chi connectivity index (χ2n) is 4.29. The van der Waals surface area contributed by atoms with Crippen LogP contribution in [-0.2, 0) is 4.79 Å². The highest BCUT2D eigenvalue weighted by Crippen LogP contribution is 2.19. The van der Waals surface area contributed by atoms with Gasteiger partial charge in [0.15, 0.2) is 6.61 Å². The molecule has 0 saturated heterocycles. The molecule has 2 aromatic rings. The van der Waals surface area contributed by atoms with E-state index < -0.39 is 17.6 Å². The molecule has 0 unspecified atom stereocenters. The highest BCUT2D eigenvalue weighted by atomic mass is 16.5. The lowest BCUT2D eigenvalue weighted by Gasteiger charge is -2.07. The van der Waals surface area contributed by atoms with Crippen LogP contribution in [0, 0.1) is 0 Å². The van der Waals surface area contributed by atoms with E-state index in [0.29, 0.717) is 11.3 Å². The molecule has 114 valence electrons. The minimum Gasteiger partial charge on any atom is -0.484 e. The van der Waals surface area contributed by atoms with Crippen molar-refractivity contribution in [3.63, 3.8) is 0 Å². The molecule has 7 nitrogen and oxygen atoms in total. The van der Waals surface area contributed by atoms with E-state index in [1.165, 1.54) is 18.2 Å². The number of hydrogen-bond donors (Lipinski definition) is 2. The zero-order valence-corrected chi connectivity index (χ0v) is 11.6. The highest BCUT2D eigenvalue weighted by Gasteiger charge is 2.08. The van der Waals surface area contributed by atoms with E-state index in [9.17, 15) is 14.4 Å². The monoisotopic (exact) mass is 302 g/mol. The molecule has 0 bridgehead atoms. The molecule has 1 heterocycles. The molecular formula is C15H14N2O5. The fraction of sp³-hybridized carbons (Fsp3) is 0.133. The van der Waals surface area contributed by atoms with Gasteiger partial charge in [-0.05, 0) is 18.2 Å². The van der Waals surface area contributed by atoms with Gasteiger partial charge >= 0.3 is 11.7 Å². The summed E-state index contributed by atoms with van der Waals surface area (Å²) in [7, 11) is 0. The Hall–Kier alpha value is -3.09. The molecule has 22 heavy (non-hydrogen) atoms. The first kappa shape index (κ1) is 15.3. The third kappa shape index (κ3) is 4.20. The summed E-state index contributed by atoms with van der Waals surface area (Å²) >= 11 is 0. The van der Waals surface area contributed by atoms with Crippen molar-refractivity contribution in [3.05, 3.63) is 53.4 Å². The van der Waals surface area contributed by atoms with Gasteiger partial charge in [0, 0.05) is 24.1 Å². The molecule has 2 rings (SSSR count). The van der Waals surface area contributed by atoms with Crippen molar-refractivity contribution in [3.8, 4) is 5.75 Å². The average Bonchev–Trinajstić information content (AvgIpc) is 2.50. The minimum absolute atomic E-state index is 0.254. The first-order valence-electron chi connectivity index (χ1n) is 6.44. The number of carbonyl (C=O) groups excluding carboxylic acids is 2. The zero-order chi connectivity index (χ0) is 15.9. The molecule has 7 heteroatoms. The van der Waals surface area contributed by atoms with E-state index in [0.717, 1.165) is 5.39 Å². The second-order valence-corrected chi connectivity index (χ2v) is 4.29. The number of nitrogens with one attached hydrogen (secondary N) is 2. The normalized spacial score (nSPS) is 10.0. The molecule has 0 aliphatic heterocycles. The lowest BCUT2D eigenvalue weighted by Crippen LogP contribution is -2.41. The number of ether oxygens (including phenoxy) is 1. The van der Waals surface area contributed by atoms with Gasteiger partial charge in [-0.15, -0.1) is 6.58 Å². The molecule has 0 aliphatic carbocycles. The Bertz CT molecular complexity index is 766. The second kappa shape index (κ2) is 7.07. The van der Waals surface area contributed by atoms with Crippen molar-refractivity contribution in [2.45, 2.75) is 0 Å². The number of carbonyl (C=O) groups is 2. The van der Waals surface area contributed by atoms with Crippen LogP contribution in [0.5, 0.6) is 5.75 Å². The molecule has 0 fully saturated rings. The van der Waals surface area contributed by atoms with Gasteiger partial charge in [-0.25, -0.2) is 9.59 Å². The van der Waals surface area contributed by atoms with Gasteiger partial charge in [-0.1, -0.05) is 6.08 Å². The smallest absolute Gasteiger partial charge is 0.336 e. The van der Waals surface area contributed by atoms with Crippen LogP contribution >= 0.6 is 0 Å². The molecule has 0 atom stereocenters. The van der Waals surface area contributed by atoms with Gasteiger partial charge in [0.25, 0.3) is 5.91 Å². The number of urea groups is 1. The largest absolute Gasteiger partial charge is 0.484 e. The van der Waals surface area contributed by atoms with Gasteiger partial charge in [0.2, 0.25) is 0 Å². The zero-order valence-electron chi connectivity index (χ0n) is 11.6. The Morgan fingerprint density at radius 2 is 2.05 bits per heavy atom. The number of fused-ring (bicyclic) bond motifs is 1. The molecule has 2 N–H and O–H groups in total. The molecule has 3 amide bonds. The lowest BCUT2D eigenvalue weighted by atomic mass is 10.2. The summed E-state index contributed by atoms with van der Waals surface area (Å²) in [5.41, 5.74) is -0.115. The third-order valence-electron chi connectivity index (χ3n) is 2.62. The summed E-state index contributed by atoms with van der Waals surface area (Å²) < 4.78 is 10.3. The number of rotatable bonds is 5. The minimum atomic E-state index is -0.627. The predicted molar refractivity (Wildman–Crippen MR) is 79.7 cm³/mol. The lowest BCUT2D eigenvalue weighted by molar-refractivity contribution is -0.122. The Labute approximate surface area is 125 Å². The van der Waals surface area contributed by atoms with Crippen LogP contribution in [0.25, 0.3) is 11.0 Å². The molecule has 1 aromatic carbocycles. The van der Waals surface area contributed by atoms with Crippen LogP contribution in [0.15, 0.2) is 52.2 Å². The molecule has 1 aromatic heterocycles. The standard InChI is InChI=1S/C15H14N2O5/c1-2-7-16-15(20)17-13(18)9-21-11-5-3-10-4-6-14(19)22-12(10)8-11/h2-6,8H,1,7,9H2,(H2,16,17,18,20). The van der Waals surface area contributed by atoms with E-state index in [1.807, 2.05) is 0 Å². The van der Waals surface area contributed by atoms with E-state index in [2.05, 4.69) is 17.2 Å². The fourth-order valence-electron chi connectivity index (χ4n) is 1.65. The van der Waals surface area contributed by atoms with Crippen molar-refractivity contribution < 1.29 is 18.7 Å². The topological polar surface area (TPSA) is 97.6 Å². The molecule has 0 saturated carbocycles. The summed E-state index contributed by atoms with van der Waals surface area (Å²) in [6, 6.07) is 7.15. The summed E-state index contributed by atoms with van der Waals surface area (Å²) in [6.45, 7) is 3.35. The summed E-state index contributed by atoms with van der Waals surface area (Å²) in [5, 5.41) is 5.23. The van der Waals surface area contributed by atoms with Crippen molar-refractivity contribution >= 4 is 22.9 Å². The Balaban J connectivity index is 1.93. The fourth-order valence-corrected chi connectivity index (χ4v) is 1.65. The van der Waals surface area contributed by atoms with E-state index in [1.54, 1.807) is 18.2 Å². The maximum atomic E-state index is 11.5. The first-order chi connectivity index (χ1) is 10.6. The Kier molecular flexibility index (Phi) is 4.92. The quantitative estimate of drug-likeness (QED) is 0.638. The summed E-state index contributed by atoms with van der Waals surface area (Å²) in [4.78, 5) is 33.9. The van der Waals surface area contributed by atoms with Gasteiger partial charge in [-0.2, -0.15) is 0 Å². The third-order valence-corrected chi connectivity index (χ3v) is 2.62. The number of amides is 3. The van der Waals surface area contributed by atoms with E-state index in [-0.39, 0.29) is 13.2 Å². The van der Waals surface area contributed by atoms with Crippen LogP contribution in [0.4, 0.5) is 4.79 Å².